The summed E-state index contributed by atoms with van der Waals surface area (Å²) in [7, 11) is 0. The van der Waals surface area contributed by atoms with Gasteiger partial charge in [0.15, 0.2) is 17.3 Å². The Morgan fingerprint density at radius 1 is 1.18 bits per heavy atom. The first-order chi connectivity index (χ1) is 8.16. The molecule has 3 heteroatoms. The summed E-state index contributed by atoms with van der Waals surface area (Å²) in [5.74, 6) is 1.59. The number of allylic oxidation sites excluding steroid dienone is 2. The molecule has 0 saturated carbocycles. The Labute approximate surface area is 101 Å². The average molecular weight is 232 g/mol. The number of rotatable bonds is 2. The summed E-state index contributed by atoms with van der Waals surface area (Å²) < 4.78 is 11.2. The molecule has 1 aromatic rings. The molecule has 1 heterocycles. The third-order valence-electron chi connectivity index (χ3n) is 2.62. The lowest BCUT2D eigenvalue weighted by Crippen LogP contribution is -1.97. The predicted octanol–water partition coefficient (Wildman–Crippen LogP) is 2.84. The highest BCUT2D eigenvalue weighted by atomic mass is 16.5. The van der Waals surface area contributed by atoms with Crippen molar-refractivity contribution in [1.29, 1.82) is 0 Å². The first-order valence-corrected chi connectivity index (χ1v) is 5.76. The number of hydrogen-bond acceptors (Lipinski definition) is 3. The maximum Gasteiger partial charge on any atom is 0.161 e. The zero-order valence-electron chi connectivity index (χ0n) is 10.2. The molecule has 0 unspecified atom stereocenters. The van der Waals surface area contributed by atoms with Crippen LogP contribution in [-0.4, -0.2) is 19.0 Å². The lowest BCUT2D eigenvalue weighted by molar-refractivity contribution is -0.112. The SMILES string of the molecule is CC(=O)/C=C(/C)c1ccc2c(c1)OCCCO2. The lowest BCUT2D eigenvalue weighted by atomic mass is 10.1. The number of carbonyl (C=O) groups is 1. The van der Waals surface area contributed by atoms with E-state index in [1.807, 2.05) is 25.1 Å². The summed E-state index contributed by atoms with van der Waals surface area (Å²) in [6.07, 6.45) is 2.52. The van der Waals surface area contributed by atoms with Crippen LogP contribution in [-0.2, 0) is 4.79 Å². The van der Waals surface area contributed by atoms with E-state index in [4.69, 9.17) is 9.47 Å². The van der Waals surface area contributed by atoms with Crippen molar-refractivity contribution >= 4 is 11.4 Å². The van der Waals surface area contributed by atoms with Crippen LogP contribution >= 0.6 is 0 Å². The predicted molar refractivity (Wildman–Crippen MR) is 66.4 cm³/mol. The van der Waals surface area contributed by atoms with E-state index in [0.29, 0.717) is 13.2 Å². The average Bonchev–Trinajstić information content (AvgIpc) is 2.51. The Balaban J connectivity index is 2.32. The van der Waals surface area contributed by atoms with Gasteiger partial charge in [0.2, 0.25) is 0 Å². The Morgan fingerprint density at radius 2 is 1.88 bits per heavy atom. The standard InChI is InChI=1S/C14H16O3/c1-10(8-11(2)15)12-4-5-13-14(9-12)17-7-3-6-16-13/h4-5,8-9H,3,6-7H2,1-2H3/b10-8-. The topological polar surface area (TPSA) is 35.5 Å². The van der Waals surface area contributed by atoms with Gasteiger partial charge in [0.05, 0.1) is 13.2 Å². The van der Waals surface area contributed by atoms with E-state index < -0.39 is 0 Å². The van der Waals surface area contributed by atoms with Gasteiger partial charge >= 0.3 is 0 Å². The fraction of sp³-hybridized carbons (Fsp3) is 0.357. The molecule has 2 rings (SSSR count). The zero-order valence-corrected chi connectivity index (χ0v) is 10.2. The zero-order chi connectivity index (χ0) is 12.3. The Kier molecular flexibility index (Phi) is 3.47. The minimum absolute atomic E-state index is 0.0506. The minimum atomic E-state index is 0.0506. The maximum absolute atomic E-state index is 11.0. The minimum Gasteiger partial charge on any atom is -0.490 e. The van der Waals surface area contributed by atoms with Gasteiger partial charge in [-0.15, -0.1) is 0 Å². The third kappa shape index (κ3) is 2.87. The Hall–Kier alpha value is -1.77. The van der Waals surface area contributed by atoms with Crippen molar-refractivity contribution < 1.29 is 14.3 Å². The second-order valence-corrected chi connectivity index (χ2v) is 4.15. The van der Waals surface area contributed by atoms with E-state index in [1.54, 1.807) is 13.0 Å². The molecule has 1 aliphatic heterocycles. The summed E-state index contributed by atoms with van der Waals surface area (Å²) in [5.41, 5.74) is 1.93. The smallest absolute Gasteiger partial charge is 0.161 e. The van der Waals surface area contributed by atoms with E-state index in [1.165, 1.54) is 0 Å². The molecular weight excluding hydrogens is 216 g/mol. The first-order valence-electron chi connectivity index (χ1n) is 5.76. The van der Waals surface area contributed by atoms with Gasteiger partial charge in [-0.25, -0.2) is 0 Å². The highest BCUT2D eigenvalue weighted by Gasteiger charge is 2.11. The molecule has 17 heavy (non-hydrogen) atoms. The molecule has 0 bridgehead atoms. The van der Waals surface area contributed by atoms with Crippen molar-refractivity contribution in [3.8, 4) is 11.5 Å². The van der Waals surface area contributed by atoms with Gasteiger partial charge in [0.25, 0.3) is 0 Å². The third-order valence-corrected chi connectivity index (χ3v) is 2.62. The van der Waals surface area contributed by atoms with Gasteiger partial charge in [0.1, 0.15) is 0 Å². The number of fused-ring (bicyclic) bond motifs is 1. The normalized spacial score (nSPS) is 15.3. The summed E-state index contributed by atoms with van der Waals surface area (Å²) in [4.78, 5) is 11.0. The number of benzene rings is 1. The molecule has 0 radical (unpaired) electrons. The van der Waals surface area contributed by atoms with Crippen LogP contribution in [0.2, 0.25) is 0 Å². The molecule has 0 N–H and O–H groups in total. The van der Waals surface area contributed by atoms with E-state index in [0.717, 1.165) is 29.1 Å². The van der Waals surface area contributed by atoms with Crippen molar-refractivity contribution in [3.05, 3.63) is 29.8 Å². The second-order valence-electron chi connectivity index (χ2n) is 4.15. The van der Waals surface area contributed by atoms with Crippen molar-refractivity contribution in [1.82, 2.24) is 0 Å². The van der Waals surface area contributed by atoms with Gasteiger partial charge in [-0.1, -0.05) is 6.07 Å². The molecule has 0 aromatic heterocycles. The molecule has 0 atom stereocenters. The largest absolute Gasteiger partial charge is 0.490 e. The van der Waals surface area contributed by atoms with Crippen LogP contribution in [0.15, 0.2) is 24.3 Å². The van der Waals surface area contributed by atoms with Gasteiger partial charge in [-0.3, -0.25) is 4.79 Å². The summed E-state index contributed by atoms with van der Waals surface area (Å²) >= 11 is 0. The quantitative estimate of drug-likeness (QED) is 0.735. The maximum atomic E-state index is 11.0. The van der Waals surface area contributed by atoms with Crippen LogP contribution in [0.3, 0.4) is 0 Å². The molecule has 0 aliphatic carbocycles. The van der Waals surface area contributed by atoms with E-state index >= 15 is 0 Å². The van der Waals surface area contributed by atoms with Crippen molar-refractivity contribution in [2.24, 2.45) is 0 Å². The van der Waals surface area contributed by atoms with Crippen molar-refractivity contribution in [2.45, 2.75) is 20.3 Å². The van der Waals surface area contributed by atoms with Crippen LogP contribution < -0.4 is 9.47 Å². The molecule has 1 aliphatic rings. The molecule has 0 saturated heterocycles. The van der Waals surface area contributed by atoms with Crippen LogP contribution in [0.1, 0.15) is 25.8 Å². The Morgan fingerprint density at radius 3 is 2.59 bits per heavy atom. The van der Waals surface area contributed by atoms with Gasteiger partial charge in [-0.2, -0.15) is 0 Å². The van der Waals surface area contributed by atoms with E-state index in [-0.39, 0.29) is 5.78 Å². The number of ether oxygens (including phenoxy) is 2. The molecular formula is C14H16O3. The summed E-state index contributed by atoms with van der Waals surface area (Å²) in [6.45, 7) is 4.83. The van der Waals surface area contributed by atoms with Crippen LogP contribution in [0.5, 0.6) is 11.5 Å². The number of hydrogen-bond donors (Lipinski definition) is 0. The fourth-order valence-electron chi connectivity index (χ4n) is 1.80. The van der Waals surface area contributed by atoms with Gasteiger partial charge in [-0.05, 0) is 43.2 Å². The van der Waals surface area contributed by atoms with Crippen LogP contribution in [0, 0.1) is 0 Å². The van der Waals surface area contributed by atoms with E-state index in [2.05, 4.69) is 0 Å². The van der Waals surface area contributed by atoms with E-state index in [9.17, 15) is 4.79 Å². The monoisotopic (exact) mass is 232 g/mol. The van der Waals surface area contributed by atoms with Crippen molar-refractivity contribution in [3.63, 3.8) is 0 Å². The molecule has 0 amide bonds. The van der Waals surface area contributed by atoms with Gasteiger partial charge < -0.3 is 9.47 Å². The first kappa shape index (κ1) is 11.7. The second kappa shape index (κ2) is 5.04. The lowest BCUT2D eigenvalue weighted by Gasteiger charge is -2.09. The molecule has 0 spiro atoms. The van der Waals surface area contributed by atoms with Crippen molar-refractivity contribution in [2.75, 3.05) is 13.2 Å². The highest BCUT2D eigenvalue weighted by molar-refractivity contribution is 5.94. The molecule has 90 valence electrons. The van der Waals surface area contributed by atoms with Gasteiger partial charge in [0, 0.05) is 6.42 Å². The fourth-order valence-corrected chi connectivity index (χ4v) is 1.80. The number of carbonyl (C=O) groups excluding carboxylic acids is 1. The molecule has 0 fully saturated rings. The van der Waals surface area contributed by atoms with Crippen LogP contribution in [0.25, 0.3) is 5.57 Å². The Bertz CT molecular complexity index is 461. The summed E-state index contributed by atoms with van der Waals surface area (Å²) in [5, 5.41) is 0. The number of ketones is 1. The molecule has 1 aromatic carbocycles. The van der Waals surface area contributed by atoms with Crippen LogP contribution in [0.4, 0.5) is 0 Å². The highest BCUT2D eigenvalue weighted by Crippen LogP contribution is 2.32. The molecule has 3 nitrogen and oxygen atoms in total. The summed E-state index contributed by atoms with van der Waals surface area (Å²) in [6, 6.07) is 5.77.